The molecule has 0 fully saturated rings. The fourth-order valence-electron chi connectivity index (χ4n) is 0.136. The predicted molar refractivity (Wildman–Crippen MR) is 64.7 cm³/mol. The zero-order chi connectivity index (χ0) is 14.7. The van der Waals surface area contributed by atoms with Crippen molar-refractivity contribution in [3.8, 4) is 0 Å². The van der Waals surface area contributed by atoms with Gasteiger partial charge in [0.25, 0.3) is 0 Å². The van der Waals surface area contributed by atoms with Crippen molar-refractivity contribution in [1.29, 1.82) is 0 Å². The van der Waals surface area contributed by atoms with Crippen LogP contribution < -0.4 is 0 Å². The summed E-state index contributed by atoms with van der Waals surface area (Å²) < 4.78 is 28.3. The van der Waals surface area contributed by atoms with Crippen LogP contribution in [0.5, 0.6) is 0 Å². The predicted octanol–water partition coefficient (Wildman–Crippen LogP) is 0.394. The maximum absolute atomic E-state index is 9.40. The second kappa shape index (κ2) is 10.2. The van der Waals surface area contributed by atoms with Gasteiger partial charge in [-0.1, -0.05) is 6.08 Å². The molecular formula is C10H22NO5S. The summed E-state index contributed by atoms with van der Waals surface area (Å²) in [6.45, 7) is 5.01. The first-order valence-electron chi connectivity index (χ1n) is 4.88. The Morgan fingerprint density at radius 2 is 1.53 bits per heavy atom. The molecule has 0 aliphatic carbocycles. The lowest BCUT2D eigenvalue weighted by Gasteiger charge is -2.20. The van der Waals surface area contributed by atoms with Gasteiger partial charge in [0.15, 0.2) is 0 Å². The SMILES string of the molecule is CC=CC([O])=O.CC[N+](C)(C)C.CS(=O)(=O)[O-]. The van der Waals surface area contributed by atoms with Gasteiger partial charge in [-0.2, -0.15) is 0 Å². The summed E-state index contributed by atoms with van der Waals surface area (Å²) in [5.41, 5.74) is 0. The molecule has 0 aliphatic heterocycles. The first-order valence-corrected chi connectivity index (χ1v) is 6.70. The van der Waals surface area contributed by atoms with Gasteiger partial charge in [0, 0.05) is 12.3 Å². The molecule has 0 amide bonds. The first-order chi connectivity index (χ1) is 7.33. The van der Waals surface area contributed by atoms with Crippen molar-refractivity contribution >= 4 is 16.1 Å². The third-order valence-corrected chi connectivity index (χ3v) is 1.25. The van der Waals surface area contributed by atoms with Crippen LogP contribution in [-0.4, -0.2) is 57.4 Å². The molecule has 6 nitrogen and oxygen atoms in total. The van der Waals surface area contributed by atoms with E-state index in [-0.39, 0.29) is 0 Å². The molecule has 7 heteroatoms. The van der Waals surface area contributed by atoms with Gasteiger partial charge < -0.3 is 9.04 Å². The van der Waals surface area contributed by atoms with Gasteiger partial charge in [-0.15, -0.1) is 0 Å². The minimum atomic E-state index is -3.92. The molecule has 0 rings (SSSR count). The van der Waals surface area contributed by atoms with Crippen molar-refractivity contribution in [3.63, 3.8) is 0 Å². The number of allylic oxidation sites excluding steroid dienone is 1. The molecule has 0 heterocycles. The summed E-state index contributed by atoms with van der Waals surface area (Å²) in [5, 5.41) is 9.40. The number of hydrogen-bond acceptors (Lipinski definition) is 4. The zero-order valence-corrected chi connectivity index (χ0v) is 12.1. The van der Waals surface area contributed by atoms with Crippen LogP contribution in [0.15, 0.2) is 12.2 Å². The Morgan fingerprint density at radius 3 is 1.53 bits per heavy atom. The van der Waals surface area contributed by atoms with Gasteiger partial charge >= 0.3 is 5.97 Å². The Hall–Kier alpha value is -0.920. The van der Waals surface area contributed by atoms with E-state index >= 15 is 0 Å². The van der Waals surface area contributed by atoms with Crippen LogP contribution in [0.4, 0.5) is 0 Å². The van der Waals surface area contributed by atoms with Gasteiger partial charge in [-0.3, -0.25) is 0 Å². The van der Waals surface area contributed by atoms with E-state index in [1.807, 2.05) is 0 Å². The van der Waals surface area contributed by atoms with Crippen molar-refractivity contribution in [2.24, 2.45) is 0 Å². The number of hydrogen-bond donors (Lipinski definition) is 0. The first kappa shape index (κ1) is 21.4. The van der Waals surface area contributed by atoms with Crippen LogP contribution >= 0.6 is 0 Å². The minimum absolute atomic E-state index is 0.604. The Bertz CT molecular complexity index is 306. The number of quaternary nitrogens is 1. The quantitative estimate of drug-likeness (QED) is 0.411. The fraction of sp³-hybridized carbons (Fsp3) is 0.700. The second-order valence-corrected chi connectivity index (χ2v) is 5.54. The molecule has 0 saturated carbocycles. The third-order valence-electron chi connectivity index (χ3n) is 1.25. The van der Waals surface area contributed by atoms with E-state index in [9.17, 15) is 9.90 Å². The lowest BCUT2D eigenvalue weighted by atomic mass is 10.5. The number of carbonyl (C=O) groups excluding carboxylic acids is 1. The maximum Gasteiger partial charge on any atom is 0.378 e. The highest BCUT2D eigenvalue weighted by atomic mass is 32.2. The molecule has 0 atom stereocenters. The minimum Gasteiger partial charge on any atom is -0.748 e. The lowest BCUT2D eigenvalue weighted by molar-refractivity contribution is -0.868. The van der Waals surface area contributed by atoms with E-state index < -0.39 is 16.1 Å². The normalized spacial score (nSPS) is 11.0. The Morgan fingerprint density at radius 1 is 1.29 bits per heavy atom. The van der Waals surface area contributed by atoms with Crippen molar-refractivity contribution in [3.05, 3.63) is 12.2 Å². The Balaban J connectivity index is -0.000000174. The molecule has 0 aromatic rings. The molecule has 0 aromatic heterocycles. The van der Waals surface area contributed by atoms with Crippen LogP contribution in [0.1, 0.15) is 13.8 Å². The van der Waals surface area contributed by atoms with Crippen LogP contribution in [0.3, 0.4) is 0 Å². The Kier molecular flexibility index (Phi) is 12.9. The molecule has 17 heavy (non-hydrogen) atoms. The van der Waals surface area contributed by atoms with Gasteiger partial charge in [-0.05, 0) is 13.8 Å². The van der Waals surface area contributed by atoms with E-state index in [0.717, 1.165) is 10.6 Å². The van der Waals surface area contributed by atoms with E-state index in [4.69, 9.17) is 13.0 Å². The molecule has 0 bridgehead atoms. The molecular weight excluding hydrogens is 246 g/mol. The van der Waals surface area contributed by atoms with Gasteiger partial charge in [-0.25, -0.2) is 18.3 Å². The summed E-state index contributed by atoms with van der Waals surface area (Å²) in [5.74, 6) is -1.14. The van der Waals surface area contributed by atoms with Crippen molar-refractivity contribution in [2.45, 2.75) is 13.8 Å². The average Bonchev–Trinajstić information content (AvgIpc) is 2.00. The molecule has 0 unspecified atom stereocenters. The van der Waals surface area contributed by atoms with Crippen molar-refractivity contribution in [1.82, 2.24) is 0 Å². The Labute approximate surface area is 104 Å². The summed E-state index contributed by atoms with van der Waals surface area (Å²) in [4.78, 5) is 9.40. The second-order valence-electron chi connectivity index (χ2n) is 4.13. The molecule has 0 spiro atoms. The molecule has 0 N–H and O–H groups in total. The molecule has 0 aliphatic rings. The summed E-state index contributed by atoms with van der Waals surface area (Å²) in [6.07, 6.45) is 2.99. The number of rotatable bonds is 2. The molecule has 103 valence electrons. The van der Waals surface area contributed by atoms with Crippen LogP contribution in [0, 0.1) is 0 Å². The molecule has 0 aromatic carbocycles. The molecule has 1 radical (unpaired) electrons. The monoisotopic (exact) mass is 268 g/mol. The van der Waals surface area contributed by atoms with Crippen molar-refractivity contribution < 1.29 is 27.4 Å². The summed E-state index contributed by atoms with van der Waals surface area (Å²) >= 11 is 0. The van der Waals surface area contributed by atoms with E-state index in [1.54, 1.807) is 6.92 Å². The third kappa shape index (κ3) is 100.0. The van der Waals surface area contributed by atoms with E-state index in [2.05, 4.69) is 28.1 Å². The van der Waals surface area contributed by atoms with Crippen LogP contribution in [-0.2, 0) is 20.0 Å². The lowest BCUT2D eigenvalue weighted by Crippen LogP contribution is -2.33. The number of carbonyl (C=O) groups is 1. The highest BCUT2D eigenvalue weighted by Crippen LogP contribution is 1.83. The maximum atomic E-state index is 9.40. The highest BCUT2D eigenvalue weighted by Gasteiger charge is 1.97. The van der Waals surface area contributed by atoms with Gasteiger partial charge in [0.1, 0.15) is 0 Å². The summed E-state index contributed by atoms with van der Waals surface area (Å²) in [7, 11) is 2.62. The van der Waals surface area contributed by atoms with Gasteiger partial charge in [0.2, 0.25) is 0 Å². The zero-order valence-electron chi connectivity index (χ0n) is 11.3. The van der Waals surface area contributed by atoms with Crippen LogP contribution in [0.2, 0.25) is 0 Å². The average molecular weight is 268 g/mol. The van der Waals surface area contributed by atoms with E-state index in [1.165, 1.54) is 12.6 Å². The smallest absolute Gasteiger partial charge is 0.378 e. The standard InChI is InChI=1S/C5H14N.C4H5O2.CH4O3S/c1-5-6(2,3)4;1-2-3-4(5)6;1-5(2,3)4/h5H2,1-4H3;2-3H,1H3;1H3,(H,2,3,4)/q+1;;/p-1. The fourth-order valence-corrected chi connectivity index (χ4v) is 0.136. The number of nitrogens with zero attached hydrogens (tertiary/aromatic N) is 1. The highest BCUT2D eigenvalue weighted by molar-refractivity contribution is 7.84. The topological polar surface area (TPSA) is 94.2 Å². The largest absolute Gasteiger partial charge is 0.748 e. The van der Waals surface area contributed by atoms with Crippen LogP contribution in [0.25, 0.3) is 0 Å². The van der Waals surface area contributed by atoms with E-state index in [0.29, 0.717) is 6.26 Å². The van der Waals surface area contributed by atoms with Crippen molar-refractivity contribution in [2.75, 3.05) is 33.9 Å². The van der Waals surface area contributed by atoms with Gasteiger partial charge in [0.05, 0.1) is 37.8 Å². The molecule has 0 saturated heterocycles. The summed E-state index contributed by atoms with van der Waals surface area (Å²) in [6, 6.07) is 0.